The Hall–Kier alpha value is -3.56. The molecule has 0 bridgehead atoms. The topological polar surface area (TPSA) is 98.1 Å². The van der Waals surface area contributed by atoms with Crippen molar-refractivity contribution in [3.8, 4) is 11.4 Å². The van der Waals surface area contributed by atoms with Crippen LogP contribution < -0.4 is 10.6 Å². The highest BCUT2D eigenvalue weighted by atomic mass is 32.1. The summed E-state index contributed by atoms with van der Waals surface area (Å²) in [5, 5.41) is 9.97. The molecular weight excluding hydrogens is 438 g/mol. The molecule has 2 amide bonds. The number of amides is 2. The lowest BCUT2D eigenvalue weighted by atomic mass is 10.1. The minimum absolute atomic E-state index is 0.0678. The highest BCUT2D eigenvalue weighted by Gasteiger charge is 2.21. The summed E-state index contributed by atoms with van der Waals surface area (Å²) in [5.41, 5.74) is 4.28. The quantitative estimate of drug-likeness (QED) is 0.416. The van der Waals surface area contributed by atoms with Gasteiger partial charge in [0.05, 0.1) is 16.6 Å². The highest BCUT2D eigenvalue weighted by molar-refractivity contribution is 7.07. The standard InChI is InChI=1S/C24H25N5O3S/c1-15(10-16-6-9-33-14-16)26-24(31)19-11-18(27-21(30)13-32-3)12-20-22(19)29(2)23(28-20)17-4-7-25-8-5-17/h4-9,11-12,14-15H,10,13H2,1-3H3,(H,26,31)(H,27,30). The van der Waals surface area contributed by atoms with Crippen LogP contribution in [-0.2, 0) is 23.0 Å². The van der Waals surface area contributed by atoms with E-state index >= 15 is 0 Å². The molecule has 0 fully saturated rings. The lowest BCUT2D eigenvalue weighted by molar-refractivity contribution is -0.119. The number of carbonyl (C=O) groups is 2. The fraction of sp³-hybridized carbons (Fsp3) is 0.250. The molecule has 2 N–H and O–H groups in total. The Morgan fingerprint density at radius 3 is 2.70 bits per heavy atom. The molecule has 1 unspecified atom stereocenters. The fourth-order valence-electron chi connectivity index (χ4n) is 3.80. The van der Waals surface area contributed by atoms with Gasteiger partial charge in [-0.05, 0) is 60.0 Å². The Balaban J connectivity index is 1.73. The summed E-state index contributed by atoms with van der Waals surface area (Å²) >= 11 is 1.63. The van der Waals surface area contributed by atoms with E-state index in [1.807, 2.05) is 36.1 Å². The zero-order valence-corrected chi connectivity index (χ0v) is 19.5. The van der Waals surface area contributed by atoms with Gasteiger partial charge in [-0.25, -0.2) is 4.98 Å². The van der Waals surface area contributed by atoms with Crippen molar-refractivity contribution in [3.63, 3.8) is 0 Å². The van der Waals surface area contributed by atoms with E-state index in [1.165, 1.54) is 12.7 Å². The lowest BCUT2D eigenvalue weighted by Gasteiger charge is -2.15. The number of hydrogen-bond acceptors (Lipinski definition) is 6. The molecule has 0 spiro atoms. The van der Waals surface area contributed by atoms with Gasteiger partial charge in [0.2, 0.25) is 5.91 Å². The van der Waals surface area contributed by atoms with Crippen LogP contribution in [0, 0.1) is 0 Å². The van der Waals surface area contributed by atoms with Crippen molar-refractivity contribution in [1.82, 2.24) is 19.9 Å². The van der Waals surface area contributed by atoms with Crippen molar-refractivity contribution in [2.75, 3.05) is 19.0 Å². The maximum atomic E-state index is 13.4. The number of rotatable bonds is 8. The van der Waals surface area contributed by atoms with Gasteiger partial charge in [-0.2, -0.15) is 11.3 Å². The average molecular weight is 464 g/mol. The van der Waals surface area contributed by atoms with Gasteiger partial charge in [-0.1, -0.05) is 0 Å². The van der Waals surface area contributed by atoms with E-state index < -0.39 is 0 Å². The van der Waals surface area contributed by atoms with Gasteiger partial charge < -0.3 is 19.9 Å². The number of nitrogens with zero attached hydrogens (tertiary/aromatic N) is 3. The van der Waals surface area contributed by atoms with E-state index in [0.29, 0.717) is 28.1 Å². The average Bonchev–Trinajstić information content (AvgIpc) is 3.41. The first-order valence-electron chi connectivity index (χ1n) is 10.5. The molecule has 4 rings (SSSR count). The number of aromatic nitrogens is 3. The number of benzene rings is 1. The molecule has 0 saturated carbocycles. The molecule has 0 aliphatic carbocycles. The van der Waals surface area contributed by atoms with Crippen molar-refractivity contribution in [2.45, 2.75) is 19.4 Å². The molecule has 3 aromatic heterocycles. The first-order chi connectivity index (χ1) is 16.0. The number of hydrogen-bond donors (Lipinski definition) is 2. The third-order valence-electron chi connectivity index (χ3n) is 5.21. The minimum Gasteiger partial charge on any atom is -0.375 e. The summed E-state index contributed by atoms with van der Waals surface area (Å²) in [6.07, 6.45) is 4.13. The van der Waals surface area contributed by atoms with Crippen LogP contribution in [0.4, 0.5) is 5.69 Å². The number of fused-ring (bicyclic) bond motifs is 1. The van der Waals surface area contributed by atoms with Gasteiger partial charge in [0, 0.05) is 43.8 Å². The van der Waals surface area contributed by atoms with E-state index in [2.05, 4.69) is 27.1 Å². The molecule has 4 aromatic rings. The zero-order valence-electron chi connectivity index (χ0n) is 18.7. The van der Waals surface area contributed by atoms with E-state index in [4.69, 9.17) is 9.72 Å². The van der Waals surface area contributed by atoms with E-state index in [1.54, 1.807) is 35.9 Å². The number of ether oxygens (including phenoxy) is 1. The van der Waals surface area contributed by atoms with E-state index in [-0.39, 0.29) is 24.5 Å². The van der Waals surface area contributed by atoms with Gasteiger partial charge >= 0.3 is 0 Å². The second kappa shape index (κ2) is 9.93. The van der Waals surface area contributed by atoms with Crippen LogP contribution in [0.25, 0.3) is 22.4 Å². The fourth-order valence-corrected chi connectivity index (χ4v) is 4.48. The molecule has 0 saturated heterocycles. The third kappa shape index (κ3) is 5.10. The molecule has 0 aliphatic heterocycles. The Kier molecular flexibility index (Phi) is 6.81. The van der Waals surface area contributed by atoms with Gasteiger partial charge in [-0.15, -0.1) is 0 Å². The van der Waals surface area contributed by atoms with Crippen LogP contribution >= 0.6 is 11.3 Å². The highest BCUT2D eigenvalue weighted by Crippen LogP contribution is 2.29. The molecule has 9 heteroatoms. The van der Waals surface area contributed by atoms with Gasteiger partial charge in [0.1, 0.15) is 12.4 Å². The maximum Gasteiger partial charge on any atom is 0.253 e. The molecule has 33 heavy (non-hydrogen) atoms. The van der Waals surface area contributed by atoms with Crippen molar-refractivity contribution in [2.24, 2.45) is 7.05 Å². The normalized spacial score (nSPS) is 12.0. The second-order valence-corrected chi connectivity index (χ2v) is 8.59. The van der Waals surface area contributed by atoms with E-state index in [9.17, 15) is 9.59 Å². The number of methoxy groups -OCH3 is 1. The molecule has 0 radical (unpaired) electrons. The Morgan fingerprint density at radius 2 is 2.00 bits per heavy atom. The number of thiophene rings is 1. The molecule has 8 nitrogen and oxygen atoms in total. The molecule has 1 aromatic carbocycles. The van der Waals surface area contributed by atoms with Crippen LogP contribution in [0.15, 0.2) is 53.5 Å². The Bertz CT molecular complexity index is 1270. The third-order valence-corrected chi connectivity index (χ3v) is 5.94. The predicted octanol–water partition coefficient (Wildman–Crippen LogP) is 3.64. The molecule has 1 atom stereocenters. The summed E-state index contributed by atoms with van der Waals surface area (Å²) in [7, 11) is 3.33. The Labute approximate surface area is 195 Å². The van der Waals surface area contributed by atoms with Gasteiger partial charge in [-0.3, -0.25) is 14.6 Å². The van der Waals surface area contributed by atoms with E-state index in [0.717, 1.165) is 12.0 Å². The first-order valence-corrected chi connectivity index (χ1v) is 11.4. The van der Waals surface area contributed by atoms with Crippen molar-refractivity contribution in [1.29, 1.82) is 0 Å². The number of nitrogens with one attached hydrogen (secondary N) is 2. The van der Waals surface area contributed by atoms with Crippen LogP contribution in [0.2, 0.25) is 0 Å². The monoisotopic (exact) mass is 463 g/mol. The maximum absolute atomic E-state index is 13.4. The predicted molar refractivity (Wildman–Crippen MR) is 129 cm³/mol. The summed E-state index contributed by atoms with van der Waals surface area (Å²) in [4.78, 5) is 34.3. The number of pyridine rings is 1. The first kappa shape index (κ1) is 22.6. The molecule has 0 aliphatic rings. The van der Waals surface area contributed by atoms with Crippen LogP contribution in [0.1, 0.15) is 22.8 Å². The van der Waals surface area contributed by atoms with Gasteiger partial charge in [0.15, 0.2) is 0 Å². The van der Waals surface area contributed by atoms with Crippen LogP contribution in [-0.4, -0.2) is 46.1 Å². The summed E-state index contributed by atoms with van der Waals surface area (Å²) < 4.78 is 6.80. The SMILES string of the molecule is COCC(=O)Nc1cc(C(=O)NC(C)Cc2ccsc2)c2c(c1)nc(-c1ccncc1)n2C. The molecular formula is C24H25N5O3S. The summed E-state index contributed by atoms with van der Waals surface area (Å²) in [6.45, 7) is 1.89. The summed E-state index contributed by atoms with van der Waals surface area (Å²) in [6, 6.07) is 9.16. The number of aryl methyl sites for hydroxylation is 1. The molecule has 3 heterocycles. The lowest BCUT2D eigenvalue weighted by Crippen LogP contribution is -2.34. The largest absolute Gasteiger partial charge is 0.375 e. The number of carbonyl (C=O) groups excluding carboxylic acids is 2. The molecule has 170 valence electrons. The zero-order chi connectivity index (χ0) is 23.4. The van der Waals surface area contributed by atoms with Crippen LogP contribution in [0.5, 0.6) is 0 Å². The van der Waals surface area contributed by atoms with Crippen molar-refractivity contribution >= 4 is 39.9 Å². The van der Waals surface area contributed by atoms with Crippen LogP contribution in [0.3, 0.4) is 0 Å². The Morgan fingerprint density at radius 1 is 1.21 bits per heavy atom. The summed E-state index contributed by atoms with van der Waals surface area (Å²) in [5.74, 6) is 0.169. The minimum atomic E-state index is -0.306. The smallest absolute Gasteiger partial charge is 0.253 e. The van der Waals surface area contributed by atoms with Crippen molar-refractivity contribution in [3.05, 3.63) is 64.6 Å². The van der Waals surface area contributed by atoms with Gasteiger partial charge in [0.25, 0.3) is 5.91 Å². The second-order valence-electron chi connectivity index (χ2n) is 7.81. The number of imidazole rings is 1. The van der Waals surface area contributed by atoms with Crippen molar-refractivity contribution < 1.29 is 14.3 Å². The number of anilines is 1.